The molecule has 1 aliphatic heterocycles. The van der Waals surface area contributed by atoms with E-state index in [1.165, 1.54) is 27.5 Å². The van der Waals surface area contributed by atoms with Gasteiger partial charge in [-0.05, 0) is 32.7 Å². The highest BCUT2D eigenvalue weighted by Gasteiger charge is 2.23. The van der Waals surface area contributed by atoms with Crippen LogP contribution in [-0.2, 0) is 0 Å². The second kappa shape index (κ2) is 2.50. The molecule has 0 unspecified atom stereocenters. The topological polar surface area (TPSA) is 0 Å². The third kappa shape index (κ3) is 0.821. The van der Waals surface area contributed by atoms with Crippen molar-refractivity contribution in [2.75, 3.05) is 0 Å². The molecule has 2 aromatic carbocycles. The van der Waals surface area contributed by atoms with E-state index in [-0.39, 0.29) is 9.52 Å². The van der Waals surface area contributed by atoms with Crippen LogP contribution in [0.2, 0.25) is 0 Å². The molecule has 0 amide bonds. The zero-order chi connectivity index (χ0) is 9.83. The molecule has 0 atom stereocenters. The molecule has 2 aromatic rings. The molecule has 0 nitrogen and oxygen atoms in total. The number of rotatable bonds is 0. The molecule has 0 bridgehead atoms. The van der Waals surface area contributed by atoms with Crippen molar-refractivity contribution in [3.63, 3.8) is 0 Å². The van der Waals surface area contributed by atoms with Gasteiger partial charge in [-0.15, -0.1) is 0 Å². The van der Waals surface area contributed by atoms with Gasteiger partial charge < -0.3 is 0 Å². The Balaban J connectivity index is 2.26. The lowest BCUT2D eigenvalue weighted by Crippen LogP contribution is -1.87. The maximum Gasteiger partial charge on any atom is 0.0799 e. The van der Waals surface area contributed by atoms with Gasteiger partial charge in [0, 0.05) is 0 Å². The van der Waals surface area contributed by atoms with Gasteiger partial charge in [-0.2, -0.15) is 0 Å². The smallest absolute Gasteiger partial charge is 0.0799 e. The summed E-state index contributed by atoms with van der Waals surface area (Å²) in [5.41, 5.74) is 6.88. The quantitative estimate of drug-likeness (QED) is 0.581. The van der Waals surface area contributed by atoms with Crippen LogP contribution in [0.25, 0.3) is 21.5 Å². The van der Waals surface area contributed by atoms with E-state index in [1.807, 2.05) is 0 Å². The minimum absolute atomic E-state index is 0.135. The Hall–Kier alpha value is -1.60. The van der Waals surface area contributed by atoms with Crippen molar-refractivity contribution >= 4 is 31.1 Å². The van der Waals surface area contributed by atoms with E-state index < -0.39 is 0 Å². The van der Waals surface area contributed by atoms with Crippen molar-refractivity contribution in [2.24, 2.45) is 0 Å². The van der Waals surface area contributed by atoms with Crippen molar-refractivity contribution in [3.05, 3.63) is 59.3 Å². The Morgan fingerprint density at radius 2 is 1.67 bits per heavy atom. The fourth-order valence-corrected chi connectivity index (χ4v) is 4.46. The Labute approximate surface area is 90.8 Å². The van der Waals surface area contributed by atoms with Crippen LogP contribution in [0.1, 0.15) is 11.1 Å². The summed E-state index contributed by atoms with van der Waals surface area (Å²) in [6.45, 7) is 0. The van der Waals surface area contributed by atoms with E-state index in [0.717, 1.165) is 0 Å². The van der Waals surface area contributed by atoms with Crippen LogP contribution >= 0.6 is 0 Å². The Kier molecular flexibility index (Phi) is 1.27. The number of allylic oxidation sites excluding steroid dienone is 2. The lowest BCUT2D eigenvalue weighted by molar-refractivity contribution is 1.70. The standard InChI is InChI=1S/C14H10Si/c1-3-9-4-2-6-12-13(9)10(5-1)11-7-8-15-14(11)12/h1-8H,15H2. The van der Waals surface area contributed by atoms with Crippen LogP contribution in [0.4, 0.5) is 0 Å². The Bertz CT molecular complexity index is 642. The summed E-state index contributed by atoms with van der Waals surface area (Å²) in [5.74, 6) is 0. The third-order valence-electron chi connectivity index (χ3n) is 3.45. The van der Waals surface area contributed by atoms with Crippen molar-refractivity contribution in [3.8, 4) is 0 Å². The first-order valence-electron chi connectivity index (χ1n) is 5.37. The van der Waals surface area contributed by atoms with E-state index in [4.69, 9.17) is 0 Å². The van der Waals surface area contributed by atoms with Crippen molar-refractivity contribution in [2.45, 2.75) is 0 Å². The van der Waals surface area contributed by atoms with E-state index in [9.17, 15) is 0 Å². The average Bonchev–Trinajstić information content (AvgIpc) is 2.84. The minimum Gasteiger partial charge on any atom is -0.0955 e. The van der Waals surface area contributed by atoms with E-state index in [2.05, 4.69) is 48.2 Å². The van der Waals surface area contributed by atoms with Gasteiger partial charge in [-0.3, -0.25) is 0 Å². The van der Waals surface area contributed by atoms with Gasteiger partial charge in [0.1, 0.15) is 0 Å². The van der Waals surface area contributed by atoms with Crippen LogP contribution in [0.5, 0.6) is 0 Å². The second-order valence-corrected chi connectivity index (χ2v) is 5.79. The molecule has 15 heavy (non-hydrogen) atoms. The molecule has 1 heteroatoms. The van der Waals surface area contributed by atoms with E-state index in [1.54, 1.807) is 5.20 Å². The van der Waals surface area contributed by atoms with Gasteiger partial charge in [0.25, 0.3) is 0 Å². The third-order valence-corrected chi connectivity index (χ3v) is 5.09. The number of hydrogen-bond acceptors (Lipinski definition) is 0. The summed E-state index contributed by atoms with van der Waals surface area (Å²) in [6, 6.07) is 13.3. The van der Waals surface area contributed by atoms with Crippen LogP contribution in [0.3, 0.4) is 0 Å². The monoisotopic (exact) mass is 206 g/mol. The zero-order valence-electron chi connectivity index (χ0n) is 8.33. The molecule has 4 rings (SSSR count). The molecule has 0 fully saturated rings. The predicted octanol–water partition coefficient (Wildman–Crippen LogP) is 2.72. The highest BCUT2D eigenvalue weighted by Crippen LogP contribution is 2.43. The highest BCUT2D eigenvalue weighted by atomic mass is 28.2. The molecule has 0 spiro atoms. The van der Waals surface area contributed by atoms with Gasteiger partial charge >= 0.3 is 0 Å². The fourth-order valence-electron chi connectivity index (χ4n) is 2.83. The number of benzene rings is 2. The van der Waals surface area contributed by atoms with Crippen LogP contribution in [-0.4, -0.2) is 9.52 Å². The minimum atomic E-state index is -0.135. The summed E-state index contributed by atoms with van der Waals surface area (Å²) in [7, 11) is -0.135. The number of fused-ring (bicyclic) bond motifs is 2. The molecule has 0 aromatic heterocycles. The molecular weight excluding hydrogens is 196 g/mol. The molecule has 0 saturated heterocycles. The van der Waals surface area contributed by atoms with Gasteiger partial charge in [-0.25, -0.2) is 0 Å². The first-order chi connectivity index (χ1) is 7.45. The van der Waals surface area contributed by atoms with Crippen molar-refractivity contribution in [1.29, 1.82) is 0 Å². The van der Waals surface area contributed by atoms with Crippen LogP contribution < -0.4 is 0 Å². The Morgan fingerprint density at radius 3 is 2.53 bits per heavy atom. The Morgan fingerprint density at radius 1 is 0.867 bits per heavy atom. The first kappa shape index (κ1) is 7.66. The predicted molar refractivity (Wildman–Crippen MR) is 68.4 cm³/mol. The zero-order valence-corrected chi connectivity index (χ0v) is 9.74. The summed E-state index contributed by atoms with van der Waals surface area (Å²) in [4.78, 5) is 0. The average molecular weight is 206 g/mol. The summed E-state index contributed by atoms with van der Waals surface area (Å²) in [5, 5.41) is 4.53. The lowest BCUT2D eigenvalue weighted by atomic mass is 10.0. The fraction of sp³-hybridized carbons (Fsp3) is 0. The lowest BCUT2D eigenvalue weighted by Gasteiger charge is -2.03. The van der Waals surface area contributed by atoms with Crippen molar-refractivity contribution in [1.82, 2.24) is 0 Å². The molecule has 1 aliphatic carbocycles. The van der Waals surface area contributed by atoms with Crippen LogP contribution in [0.15, 0.2) is 48.2 Å². The van der Waals surface area contributed by atoms with Gasteiger partial charge in [-0.1, -0.05) is 48.2 Å². The normalized spacial score (nSPS) is 18.1. The van der Waals surface area contributed by atoms with Gasteiger partial charge in [0.15, 0.2) is 0 Å². The molecular formula is C14H10Si. The van der Waals surface area contributed by atoms with E-state index in [0.29, 0.717) is 0 Å². The molecule has 0 radical (unpaired) electrons. The van der Waals surface area contributed by atoms with Gasteiger partial charge in [0.2, 0.25) is 0 Å². The second-order valence-electron chi connectivity index (χ2n) is 4.21. The first-order valence-corrected chi connectivity index (χ1v) is 6.90. The molecule has 70 valence electrons. The molecule has 2 aliphatic rings. The SMILES string of the molecule is C1=CC2=C([SiH2]1)c1cccc3cccc2c13. The largest absolute Gasteiger partial charge is 0.0955 e. The molecule has 0 saturated carbocycles. The van der Waals surface area contributed by atoms with Crippen LogP contribution in [0, 0.1) is 0 Å². The summed E-state index contributed by atoms with van der Waals surface area (Å²) in [6.07, 6.45) is 2.33. The number of hydrogen-bond donors (Lipinski definition) is 0. The van der Waals surface area contributed by atoms with Crippen molar-refractivity contribution < 1.29 is 0 Å². The summed E-state index contributed by atoms with van der Waals surface area (Å²) >= 11 is 0. The van der Waals surface area contributed by atoms with E-state index >= 15 is 0 Å². The maximum absolute atomic E-state index is 2.40. The highest BCUT2D eigenvalue weighted by molar-refractivity contribution is 6.72. The maximum atomic E-state index is 2.40. The molecule has 0 N–H and O–H groups in total. The molecule has 1 heterocycles. The van der Waals surface area contributed by atoms with Gasteiger partial charge in [0.05, 0.1) is 9.52 Å². The summed E-state index contributed by atoms with van der Waals surface area (Å²) < 4.78 is 0.